The standard InChI is InChI=1S/C9H13F3O2/c1-2-14-8(13)6-3-4-7(5-6)9(10,11)12/h6-7H,2-5H2,1H3. The van der Waals surface area contributed by atoms with Crippen LogP contribution in [0.1, 0.15) is 26.2 Å². The van der Waals surface area contributed by atoms with Crippen molar-refractivity contribution in [3.8, 4) is 0 Å². The highest BCUT2D eigenvalue weighted by Crippen LogP contribution is 2.41. The molecule has 14 heavy (non-hydrogen) atoms. The molecule has 0 saturated heterocycles. The SMILES string of the molecule is CCOC(=O)C1CCC(C(F)(F)F)C1. The number of carbonyl (C=O) groups is 1. The number of alkyl halides is 3. The Morgan fingerprint density at radius 2 is 2.07 bits per heavy atom. The van der Waals surface area contributed by atoms with Crippen LogP contribution in [0, 0.1) is 11.8 Å². The molecule has 2 nitrogen and oxygen atoms in total. The average Bonchev–Trinajstić information content (AvgIpc) is 2.51. The first-order valence-corrected chi connectivity index (χ1v) is 4.68. The minimum atomic E-state index is -4.17. The van der Waals surface area contributed by atoms with Crippen LogP contribution in [-0.4, -0.2) is 18.8 Å². The summed E-state index contributed by atoms with van der Waals surface area (Å²) in [4.78, 5) is 11.1. The molecule has 1 rings (SSSR count). The summed E-state index contributed by atoms with van der Waals surface area (Å²) in [5.74, 6) is -2.36. The number of ether oxygens (including phenoxy) is 1. The Morgan fingerprint density at radius 1 is 1.43 bits per heavy atom. The van der Waals surface area contributed by atoms with Crippen LogP contribution in [0.15, 0.2) is 0 Å². The molecule has 0 aromatic heterocycles. The lowest BCUT2D eigenvalue weighted by atomic mass is 10.1. The van der Waals surface area contributed by atoms with E-state index in [-0.39, 0.29) is 19.4 Å². The monoisotopic (exact) mass is 210 g/mol. The maximum atomic E-state index is 12.2. The van der Waals surface area contributed by atoms with E-state index >= 15 is 0 Å². The summed E-state index contributed by atoms with van der Waals surface area (Å²) in [5, 5.41) is 0. The normalized spacial score (nSPS) is 27.7. The molecule has 82 valence electrons. The molecule has 1 saturated carbocycles. The van der Waals surface area contributed by atoms with E-state index < -0.39 is 24.0 Å². The zero-order chi connectivity index (χ0) is 10.8. The van der Waals surface area contributed by atoms with E-state index in [2.05, 4.69) is 4.74 Å². The van der Waals surface area contributed by atoms with E-state index in [0.29, 0.717) is 6.42 Å². The summed E-state index contributed by atoms with van der Waals surface area (Å²) < 4.78 is 41.4. The third-order valence-electron chi connectivity index (χ3n) is 2.52. The number of carbonyl (C=O) groups excluding carboxylic acids is 1. The number of hydrogen-bond acceptors (Lipinski definition) is 2. The Bertz CT molecular complexity index is 213. The summed E-state index contributed by atoms with van der Waals surface area (Å²) in [6.07, 6.45) is -3.93. The Labute approximate surface area is 80.4 Å². The predicted molar refractivity (Wildman–Crippen MR) is 43.5 cm³/mol. The van der Waals surface area contributed by atoms with Crippen LogP contribution in [0.3, 0.4) is 0 Å². The molecule has 0 radical (unpaired) electrons. The fourth-order valence-corrected chi connectivity index (χ4v) is 1.75. The lowest BCUT2D eigenvalue weighted by Gasteiger charge is -2.14. The maximum absolute atomic E-state index is 12.2. The summed E-state index contributed by atoms with van der Waals surface area (Å²) in [5.41, 5.74) is 0. The fourth-order valence-electron chi connectivity index (χ4n) is 1.75. The minimum absolute atomic E-state index is 0.0486. The quantitative estimate of drug-likeness (QED) is 0.654. The van der Waals surface area contributed by atoms with Crippen molar-refractivity contribution < 1.29 is 22.7 Å². The van der Waals surface area contributed by atoms with Crippen molar-refractivity contribution in [3.05, 3.63) is 0 Å². The summed E-state index contributed by atoms with van der Waals surface area (Å²) in [7, 11) is 0. The molecule has 0 bridgehead atoms. The van der Waals surface area contributed by atoms with Gasteiger partial charge in [-0.15, -0.1) is 0 Å². The van der Waals surface area contributed by atoms with Crippen LogP contribution in [0.25, 0.3) is 0 Å². The molecule has 0 spiro atoms. The predicted octanol–water partition coefficient (Wildman–Crippen LogP) is 2.53. The zero-order valence-electron chi connectivity index (χ0n) is 7.93. The molecule has 1 aliphatic rings. The van der Waals surface area contributed by atoms with E-state index in [1.54, 1.807) is 6.92 Å². The van der Waals surface area contributed by atoms with E-state index in [0.717, 1.165) is 0 Å². The van der Waals surface area contributed by atoms with Gasteiger partial charge in [-0.05, 0) is 26.2 Å². The molecule has 2 unspecified atom stereocenters. The number of halogens is 3. The molecule has 1 fully saturated rings. The highest BCUT2D eigenvalue weighted by atomic mass is 19.4. The van der Waals surface area contributed by atoms with Crippen LogP contribution in [0.5, 0.6) is 0 Å². The van der Waals surface area contributed by atoms with Crippen molar-refractivity contribution in [1.82, 2.24) is 0 Å². The van der Waals surface area contributed by atoms with Gasteiger partial charge < -0.3 is 4.74 Å². The van der Waals surface area contributed by atoms with Gasteiger partial charge in [0, 0.05) is 0 Å². The van der Waals surface area contributed by atoms with E-state index in [9.17, 15) is 18.0 Å². The van der Waals surface area contributed by atoms with Gasteiger partial charge in [0.25, 0.3) is 0 Å². The molecule has 0 aromatic carbocycles. The lowest BCUT2D eigenvalue weighted by Crippen LogP contribution is -2.22. The Kier molecular flexibility index (Phi) is 3.39. The van der Waals surface area contributed by atoms with Crippen molar-refractivity contribution in [2.75, 3.05) is 6.61 Å². The second-order valence-electron chi connectivity index (χ2n) is 3.50. The largest absolute Gasteiger partial charge is 0.466 e. The van der Waals surface area contributed by atoms with Crippen molar-refractivity contribution >= 4 is 5.97 Å². The second-order valence-corrected chi connectivity index (χ2v) is 3.50. The Balaban J connectivity index is 2.45. The van der Waals surface area contributed by atoms with Gasteiger partial charge in [-0.1, -0.05) is 0 Å². The van der Waals surface area contributed by atoms with Gasteiger partial charge in [-0.25, -0.2) is 0 Å². The van der Waals surface area contributed by atoms with Crippen molar-refractivity contribution in [2.24, 2.45) is 11.8 Å². The third-order valence-corrected chi connectivity index (χ3v) is 2.52. The van der Waals surface area contributed by atoms with Gasteiger partial charge in [0.2, 0.25) is 0 Å². The molecule has 5 heteroatoms. The first-order chi connectivity index (χ1) is 6.45. The van der Waals surface area contributed by atoms with Crippen LogP contribution < -0.4 is 0 Å². The average molecular weight is 210 g/mol. The third kappa shape index (κ3) is 2.62. The molecule has 0 heterocycles. The molecule has 2 atom stereocenters. The van der Waals surface area contributed by atoms with Crippen molar-refractivity contribution in [3.63, 3.8) is 0 Å². The molecule has 1 aliphatic carbocycles. The molecular weight excluding hydrogens is 197 g/mol. The first kappa shape index (κ1) is 11.3. The van der Waals surface area contributed by atoms with Crippen molar-refractivity contribution in [2.45, 2.75) is 32.4 Å². The van der Waals surface area contributed by atoms with Crippen molar-refractivity contribution in [1.29, 1.82) is 0 Å². The summed E-state index contributed by atoms with van der Waals surface area (Å²) in [6.45, 7) is 1.88. The maximum Gasteiger partial charge on any atom is 0.391 e. The van der Waals surface area contributed by atoms with E-state index in [1.165, 1.54) is 0 Å². The van der Waals surface area contributed by atoms with Crippen LogP contribution >= 0.6 is 0 Å². The van der Waals surface area contributed by atoms with Gasteiger partial charge in [0.1, 0.15) is 0 Å². The van der Waals surface area contributed by atoms with E-state index in [4.69, 9.17) is 0 Å². The van der Waals surface area contributed by atoms with E-state index in [1.807, 2.05) is 0 Å². The number of rotatable bonds is 2. The van der Waals surface area contributed by atoms with Gasteiger partial charge in [-0.2, -0.15) is 13.2 Å². The highest BCUT2D eigenvalue weighted by Gasteiger charge is 2.46. The second kappa shape index (κ2) is 4.19. The van der Waals surface area contributed by atoms with Gasteiger partial charge in [-0.3, -0.25) is 4.79 Å². The van der Waals surface area contributed by atoms with Gasteiger partial charge in [0.15, 0.2) is 0 Å². The Hall–Kier alpha value is -0.740. The molecule has 0 aromatic rings. The van der Waals surface area contributed by atoms with Gasteiger partial charge in [0.05, 0.1) is 18.4 Å². The first-order valence-electron chi connectivity index (χ1n) is 4.68. The fraction of sp³-hybridized carbons (Fsp3) is 0.889. The Morgan fingerprint density at radius 3 is 2.50 bits per heavy atom. The topological polar surface area (TPSA) is 26.3 Å². The molecule has 0 amide bonds. The zero-order valence-corrected chi connectivity index (χ0v) is 7.93. The number of esters is 1. The molecule has 0 N–H and O–H groups in total. The smallest absolute Gasteiger partial charge is 0.391 e. The summed E-state index contributed by atoms with van der Waals surface area (Å²) in [6, 6.07) is 0. The molecule has 0 aliphatic heterocycles. The van der Waals surface area contributed by atoms with Crippen LogP contribution in [0.4, 0.5) is 13.2 Å². The number of hydrogen-bond donors (Lipinski definition) is 0. The molecular formula is C9H13F3O2. The minimum Gasteiger partial charge on any atom is -0.466 e. The van der Waals surface area contributed by atoms with Gasteiger partial charge >= 0.3 is 12.1 Å². The van der Waals surface area contributed by atoms with Crippen LogP contribution in [0.2, 0.25) is 0 Å². The lowest BCUT2D eigenvalue weighted by molar-refractivity contribution is -0.174. The van der Waals surface area contributed by atoms with Crippen LogP contribution in [-0.2, 0) is 9.53 Å². The summed E-state index contributed by atoms with van der Waals surface area (Å²) >= 11 is 0. The highest BCUT2D eigenvalue weighted by molar-refractivity contribution is 5.72.